The molecule has 0 radical (unpaired) electrons. The van der Waals surface area contributed by atoms with Crippen LogP contribution in [0.1, 0.15) is 30.0 Å². The zero-order valence-electron chi connectivity index (χ0n) is 8.64. The van der Waals surface area contributed by atoms with Crippen molar-refractivity contribution in [2.75, 3.05) is 6.61 Å². The zero-order valence-corrected chi connectivity index (χ0v) is 8.64. The SMILES string of the molecule is C=C1CO[C@@H](C)c2nc(C(F)(F)F)ccc21. The third-order valence-corrected chi connectivity index (χ3v) is 2.49. The van der Waals surface area contributed by atoms with E-state index in [4.69, 9.17) is 4.74 Å². The van der Waals surface area contributed by atoms with Crippen LogP contribution in [0.15, 0.2) is 18.7 Å². The van der Waals surface area contributed by atoms with Crippen LogP contribution in [0.3, 0.4) is 0 Å². The lowest BCUT2D eigenvalue weighted by atomic mass is 10.00. The molecule has 1 atom stereocenters. The molecule has 2 heterocycles. The number of ether oxygens (including phenoxy) is 1. The van der Waals surface area contributed by atoms with Gasteiger partial charge in [0.15, 0.2) is 0 Å². The first-order valence-corrected chi connectivity index (χ1v) is 4.77. The first-order chi connectivity index (χ1) is 7.39. The van der Waals surface area contributed by atoms with E-state index in [0.717, 1.165) is 6.07 Å². The monoisotopic (exact) mass is 229 g/mol. The second-order valence-corrected chi connectivity index (χ2v) is 3.68. The van der Waals surface area contributed by atoms with Gasteiger partial charge in [0.25, 0.3) is 0 Å². The van der Waals surface area contributed by atoms with Crippen molar-refractivity contribution in [3.05, 3.63) is 35.7 Å². The highest BCUT2D eigenvalue weighted by Gasteiger charge is 2.34. The number of rotatable bonds is 0. The Bertz CT molecular complexity index is 439. The van der Waals surface area contributed by atoms with E-state index < -0.39 is 18.0 Å². The Morgan fingerprint density at radius 3 is 2.75 bits per heavy atom. The van der Waals surface area contributed by atoms with Gasteiger partial charge in [-0.15, -0.1) is 0 Å². The molecule has 1 aliphatic heterocycles. The minimum Gasteiger partial charge on any atom is -0.368 e. The number of halogens is 3. The molecule has 1 aliphatic rings. The predicted octanol–water partition coefficient (Wildman–Crippen LogP) is 3.20. The number of nitrogens with zero attached hydrogens (tertiary/aromatic N) is 1. The van der Waals surface area contributed by atoms with Gasteiger partial charge in [0.05, 0.1) is 18.4 Å². The molecule has 0 aromatic carbocycles. The van der Waals surface area contributed by atoms with E-state index in [2.05, 4.69) is 11.6 Å². The van der Waals surface area contributed by atoms with Crippen LogP contribution in [0, 0.1) is 0 Å². The van der Waals surface area contributed by atoms with E-state index in [-0.39, 0.29) is 0 Å². The molecule has 16 heavy (non-hydrogen) atoms. The number of pyridine rings is 1. The van der Waals surface area contributed by atoms with Crippen molar-refractivity contribution in [1.82, 2.24) is 4.98 Å². The van der Waals surface area contributed by atoms with Crippen LogP contribution in [0.5, 0.6) is 0 Å². The normalized spacial score (nSPS) is 20.8. The largest absolute Gasteiger partial charge is 0.433 e. The van der Waals surface area contributed by atoms with E-state index in [1.54, 1.807) is 6.92 Å². The predicted molar refractivity (Wildman–Crippen MR) is 52.6 cm³/mol. The van der Waals surface area contributed by atoms with Crippen LogP contribution in [-0.4, -0.2) is 11.6 Å². The highest BCUT2D eigenvalue weighted by molar-refractivity contribution is 5.67. The Labute approximate surface area is 90.8 Å². The lowest BCUT2D eigenvalue weighted by Crippen LogP contribution is -2.18. The standard InChI is InChI=1S/C11H10F3NO/c1-6-5-16-7(2)10-8(6)3-4-9(15-10)11(12,13)14/h3-4,7H,1,5H2,2H3/t7-/m0/s1. The molecule has 2 nitrogen and oxygen atoms in total. The molecular formula is C11H10F3NO. The Kier molecular flexibility index (Phi) is 2.50. The average molecular weight is 229 g/mol. The molecule has 1 aromatic heterocycles. The smallest absolute Gasteiger partial charge is 0.368 e. The molecule has 0 spiro atoms. The summed E-state index contributed by atoms with van der Waals surface area (Å²) in [6, 6.07) is 2.38. The molecule has 86 valence electrons. The quantitative estimate of drug-likeness (QED) is 0.681. The summed E-state index contributed by atoms with van der Waals surface area (Å²) in [5, 5.41) is 0. The summed E-state index contributed by atoms with van der Waals surface area (Å²) >= 11 is 0. The maximum atomic E-state index is 12.5. The first kappa shape index (κ1) is 11.1. The molecule has 0 unspecified atom stereocenters. The molecule has 0 N–H and O–H groups in total. The molecule has 0 amide bonds. The Morgan fingerprint density at radius 2 is 2.12 bits per heavy atom. The van der Waals surface area contributed by atoms with Crippen molar-refractivity contribution in [3.8, 4) is 0 Å². The minimum atomic E-state index is -4.42. The number of hydrogen-bond acceptors (Lipinski definition) is 2. The maximum Gasteiger partial charge on any atom is 0.433 e. The number of fused-ring (bicyclic) bond motifs is 1. The number of aromatic nitrogens is 1. The van der Waals surface area contributed by atoms with Crippen molar-refractivity contribution < 1.29 is 17.9 Å². The van der Waals surface area contributed by atoms with Gasteiger partial charge in [0, 0.05) is 5.56 Å². The van der Waals surface area contributed by atoms with Gasteiger partial charge in [-0.3, -0.25) is 0 Å². The molecule has 0 aliphatic carbocycles. The van der Waals surface area contributed by atoms with E-state index in [0.29, 0.717) is 23.4 Å². The summed E-state index contributed by atoms with van der Waals surface area (Å²) in [5.41, 5.74) is 0.739. The number of hydrogen-bond donors (Lipinski definition) is 0. The summed E-state index contributed by atoms with van der Waals surface area (Å²) in [6.45, 7) is 5.75. The number of alkyl halides is 3. The second kappa shape index (κ2) is 3.59. The summed E-state index contributed by atoms with van der Waals surface area (Å²) < 4.78 is 42.6. The van der Waals surface area contributed by atoms with Crippen LogP contribution in [0.4, 0.5) is 13.2 Å². The third-order valence-electron chi connectivity index (χ3n) is 2.49. The molecular weight excluding hydrogens is 219 g/mol. The van der Waals surface area contributed by atoms with Gasteiger partial charge in [0.1, 0.15) is 5.69 Å². The lowest BCUT2D eigenvalue weighted by Gasteiger charge is -2.24. The van der Waals surface area contributed by atoms with Gasteiger partial charge in [-0.25, -0.2) is 4.98 Å². The van der Waals surface area contributed by atoms with Gasteiger partial charge in [-0.1, -0.05) is 12.6 Å². The Balaban J connectivity index is 2.52. The lowest BCUT2D eigenvalue weighted by molar-refractivity contribution is -0.141. The fraction of sp³-hybridized carbons (Fsp3) is 0.364. The molecule has 0 fully saturated rings. The summed E-state index contributed by atoms with van der Waals surface area (Å²) in [7, 11) is 0. The van der Waals surface area contributed by atoms with Crippen LogP contribution < -0.4 is 0 Å². The Morgan fingerprint density at radius 1 is 1.44 bits per heavy atom. The molecule has 0 saturated heterocycles. The van der Waals surface area contributed by atoms with Crippen molar-refractivity contribution in [1.29, 1.82) is 0 Å². The summed E-state index contributed by atoms with van der Waals surface area (Å²) in [5.74, 6) is 0. The van der Waals surface area contributed by atoms with Gasteiger partial charge in [-0.05, 0) is 18.6 Å². The van der Waals surface area contributed by atoms with E-state index in [1.807, 2.05) is 0 Å². The molecule has 2 rings (SSSR count). The summed E-state index contributed by atoms with van der Waals surface area (Å²) in [4.78, 5) is 3.61. The van der Waals surface area contributed by atoms with Gasteiger partial charge < -0.3 is 4.74 Å². The van der Waals surface area contributed by atoms with Crippen molar-refractivity contribution >= 4 is 5.57 Å². The van der Waals surface area contributed by atoms with Crippen LogP contribution in [0.2, 0.25) is 0 Å². The van der Waals surface area contributed by atoms with Gasteiger partial charge in [0.2, 0.25) is 0 Å². The molecule has 1 aromatic rings. The van der Waals surface area contributed by atoms with Crippen molar-refractivity contribution in [2.45, 2.75) is 19.2 Å². The summed E-state index contributed by atoms with van der Waals surface area (Å²) in [6.07, 6.45) is -4.85. The molecule has 0 bridgehead atoms. The zero-order chi connectivity index (χ0) is 11.9. The maximum absolute atomic E-state index is 12.5. The fourth-order valence-electron chi connectivity index (χ4n) is 1.62. The van der Waals surface area contributed by atoms with Crippen LogP contribution in [0.25, 0.3) is 5.57 Å². The fourth-order valence-corrected chi connectivity index (χ4v) is 1.62. The molecule has 5 heteroatoms. The van der Waals surface area contributed by atoms with E-state index in [9.17, 15) is 13.2 Å². The topological polar surface area (TPSA) is 22.1 Å². The van der Waals surface area contributed by atoms with Gasteiger partial charge in [-0.2, -0.15) is 13.2 Å². The van der Waals surface area contributed by atoms with E-state index >= 15 is 0 Å². The molecule has 0 saturated carbocycles. The Hall–Kier alpha value is -1.36. The average Bonchev–Trinajstić information content (AvgIpc) is 2.22. The third kappa shape index (κ3) is 1.82. The second-order valence-electron chi connectivity index (χ2n) is 3.68. The van der Waals surface area contributed by atoms with Crippen LogP contribution >= 0.6 is 0 Å². The minimum absolute atomic E-state index is 0.311. The van der Waals surface area contributed by atoms with Gasteiger partial charge >= 0.3 is 6.18 Å². The van der Waals surface area contributed by atoms with Crippen molar-refractivity contribution in [2.24, 2.45) is 0 Å². The highest BCUT2D eigenvalue weighted by atomic mass is 19.4. The first-order valence-electron chi connectivity index (χ1n) is 4.77. The van der Waals surface area contributed by atoms with Crippen molar-refractivity contribution in [3.63, 3.8) is 0 Å². The van der Waals surface area contributed by atoms with E-state index in [1.165, 1.54) is 6.07 Å². The highest BCUT2D eigenvalue weighted by Crippen LogP contribution is 2.34. The van der Waals surface area contributed by atoms with Crippen LogP contribution in [-0.2, 0) is 10.9 Å².